The van der Waals surface area contributed by atoms with Crippen molar-refractivity contribution in [2.75, 3.05) is 26.7 Å². The summed E-state index contributed by atoms with van der Waals surface area (Å²) in [5.74, 6) is -0.607. The first-order valence-electron chi connectivity index (χ1n) is 13.5. The van der Waals surface area contributed by atoms with E-state index in [0.717, 1.165) is 5.56 Å². The van der Waals surface area contributed by atoms with Crippen LogP contribution >= 0.6 is 11.6 Å². The molecule has 2 aromatic rings. The van der Waals surface area contributed by atoms with Crippen LogP contribution in [0.2, 0.25) is 5.02 Å². The van der Waals surface area contributed by atoms with Gasteiger partial charge in [0.1, 0.15) is 5.75 Å². The number of likely N-dealkylation sites (N-methyl/N-ethyl adjacent to an activating group) is 1. The van der Waals surface area contributed by atoms with Crippen molar-refractivity contribution in [2.45, 2.75) is 65.9 Å². The summed E-state index contributed by atoms with van der Waals surface area (Å²) in [4.78, 5) is 39.6. The molecule has 0 aliphatic heterocycles. The minimum Gasteiger partial charge on any atom is -0.476 e. The van der Waals surface area contributed by atoms with E-state index in [9.17, 15) is 14.4 Å². The Morgan fingerprint density at radius 1 is 0.925 bits per heavy atom. The molecule has 0 radical (unpaired) electrons. The van der Waals surface area contributed by atoms with Gasteiger partial charge in [0.15, 0.2) is 5.60 Å². The molecule has 1 unspecified atom stereocenters. The molecule has 0 aliphatic rings. The fourth-order valence-corrected chi connectivity index (χ4v) is 3.71. The largest absolute Gasteiger partial charge is 0.476 e. The molecule has 0 fully saturated rings. The smallest absolute Gasteiger partial charge is 0.413 e. The standard InChI is InChI=1S/C30H42ClN3O6/c1-20(2)27(39-29(37)34(21(3)4)19-18-32-7)38-28(36)30(5,6)40-25-14-8-22(9-15-25)16-17-33-26(35)23-10-12-24(31)13-11-23/h8-15,20-21,27,32H,16-19H2,1-7H3,(H,33,35). The van der Waals surface area contributed by atoms with Gasteiger partial charge in [0.05, 0.1) is 0 Å². The van der Waals surface area contributed by atoms with Crippen LogP contribution in [0.3, 0.4) is 0 Å². The van der Waals surface area contributed by atoms with Crippen LogP contribution in [0.4, 0.5) is 4.79 Å². The highest BCUT2D eigenvalue weighted by Crippen LogP contribution is 2.23. The predicted octanol–water partition coefficient (Wildman–Crippen LogP) is 5.06. The maximum absolute atomic E-state index is 13.0. The molecule has 0 saturated carbocycles. The topological polar surface area (TPSA) is 106 Å². The zero-order valence-corrected chi connectivity index (χ0v) is 25.2. The fourth-order valence-electron chi connectivity index (χ4n) is 3.59. The molecule has 10 heteroatoms. The van der Waals surface area contributed by atoms with Crippen LogP contribution in [0.1, 0.15) is 57.5 Å². The molecule has 40 heavy (non-hydrogen) atoms. The first kappa shape index (κ1) is 32.9. The van der Waals surface area contributed by atoms with Crippen molar-refractivity contribution in [1.82, 2.24) is 15.5 Å². The highest BCUT2D eigenvalue weighted by Gasteiger charge is 2.36. The van der Waals surface area contributed by atoms with Gasteiger partial charge in [-0.2, -0.15) is 0 Å². The number of hydrogen-bond acceptors (Lipinski definition) is 7. The lowest BCUT2D eigenvalue weighted by atomic mass is 10.1. The van der Waals surface area contributed by atoms with Crippen molar-refractivity contribution in [2.24, 2.45) is 5.92 Å². The van der Waals surface area contributed by atoms with E-state index < -0.39 is 24.0 Å². The molecule has 0 spiro atoms. The maximum Gasteiger partial charge on any atom is 0.413 e. The van der Waals surface area contributed by atoms with Gasteiger partial charge in [0.25, 0.3) is 12.2 Å². The van der Waals surface area contributed by atoms with Gasteiger partial charge in [-0.15, -0.1) is 0 Å². The SMILES string of the molecule is CNCCN(C(=O)OC(OC(=O)C(C)(C)Oc1ccc(CCNC(=O)c2ccc(Cl)cc2)cc1)C(C)C)C(C)C. The summed E-state index contributed by atoms with van der Waals surface area (Å²) >= 11 is 5.87. The van der Waals surface area contributed by atoms with Gasteiger partial charge in [0.2, 0.25) is 0 Å². The van der Waals surface area contributed by atoms with Gasteiger partial charge in [-0.05, 0) is 83.1 Å². The van der Waals surface area contributed by atoms with Crippen LogP contribution in [0.5, 0.6) is 5.75 Å². The number of rotatable bonds is 14. The molecule has 2 N–H and O–H groups in total. The van der Waals surface area contributed by atoms with Gasteiger partial charge in [-0.3, -0.25) is 4.79 Å². The molecule has 1 atom stereocenters. The Balaban J connectivity index is 1.92. The van der Waals surface area contributed by atoms with E-state index in [0.29, 0.717) is 42.4 Å². The number of benzene rings is 2. The number of carbonyl (C=O) groups excluding carboxylic acids is 3. The van der Waals surface area contributed by atoms with Crippen LogP contribution in [0.15, 0.2) is 48.5 Å². The van der Waals surface area contributed by atoms with Crippen molar-refractivity contribution in [3.8, 4) is 5.75 Å². The Kier molecular flexibility index (Phi) is 12.7. The van der Waals surface area contributed by atoms with Gasteiger partial charge >= 0.3 is 12.1 Å². The number of nitrogens with one attached hydrogen (secondary N) is 2. The van der Waals surface area contributed by atoms with E-state index >= 15 is 0 Å². The summed E-state index contributed by atoms with van der Waals surface area (Å²) < 4.78 is 17.1. The lowest BCUT2D eigenvalue weighted by Crippen LogP contribution is -2.46. The average molecular weight is 576 g/mol. The normalized spacial score (nSPS) is 12.2. The molecule has 0 heterocycles. The first-order valence-corrected chi connectivity index (χ1v) is 13.9. The van der Waals surface area contributed by atoms with Crippen LogP contribution < -0.4 is 15.4 Å². The summed E-state index contributed by atoms with van der Waals surface area (Å²) in [6, 6.07) is 13.9. The van der Waals surface area contributed by atoms with Crippen molar-refractivity contribution in [1.29, 1.82) is 0 Å². The molecule has 0 bridgehead atoms. The van der Waals surface area contributed by atoms with E-state index in [4.69, 9.17) is 25.8 Å². The number of nitrogens with zero attached hydrogens (tertiary/aromatic N) is 1. The monoisotopic (exact) mass is 575 g/mol. The van der Waals surface area contributed by atoms with E-state index in [1.165, 1.54) is 0 Å². The second-order valence-corrected chi connectivity index (χ2v) is 11.0. The highest BCUT2D eigenvalue weighted by molar-refractivity contribution is 6.30. The lowest BCUT2D eigenvalue weighted by Gasteiger charge is -2.31. The quantitative estimate of drug-likeness (QED) is 0.239. The highest BCUT2D eigenvalue weighted by atomic mass is 35.5. The Hall–Kier alpha value is -3.30. The van der Waals surface area contributed by atoms with Crippen molar-refractivity contribution in [3.63, 3.8) is 0 Å². The van der Waals surface area contributed by atoms with E-state index in [2.05, 4.69) is 10.6 Å². The zero-order valence-electron chi connectivity index (χ0n) is 24.5. The van der Waals surface area contributed by atoms with Crippen LogP contribution in [0.25, 0.3) is 0 Å². The molecule has 9 nitrogen and oxygen atoms in total. The third-order valence-corrected chi connectivity index (χ3v) is 6.29. The molecule has 0 saturated heterocycles. The fraction of sp³-hybridized carbons (Fsp3) is 0.500. The Morgan fingerprint density at radius 3 is 2.10 bits per heavy atom. The summed E-state index contributed by atoms with van der Waals surface area (Å²) in [5.41, 5.74) is 0.198. The van der Waals surface area contributed by atoms with Gasteiger partial charge in [0, 0.05) is 42.2 Å². The van der Waals surface area contributed by atoms with E-state index in [1.807, 2.05) is 46.9 Å². The summed E-state index contributed by atoms with van der Waals surface area (Å²) in [6.45, 7) is 12.1. The molecule has 0 aromatic heterocycles. The van der Waals surface area contributed by atoms with Gasteiger partial charge < -0.3 is 29.7 Å². The molecule has 220 valence electrons. The van der Waals surface area contributed by atoms with E-state index in [1.54, 1.807) is 55.1 Å². The second kappa shape index (κ2) is 15.5. The lowest BCUT2D eigenvalue weighted by molar-refractivity contribution is -0.191. The van der Waals surface area contributed by atoms with Gasteiger partial charge in [-0.1, -0.05) is 37.6 Å². The number of amides is 2. The summed E-state index contributed by atoms with van der Waals surface area (Å²) in [7, 11) is 1.81. The predicted molar refractivity (Wildman–Crippen MR) is 156 cm³/mol. The van der Waals surface area contributed by atoms with Crippen molar-refractivity contribution < 1.29 is 28.6 Å². The Labute approximate surface area is 242 Å². The molecule has 2 rings (SSSR count). The average Bonchev–Trinajstić information content (AvgIpc) is 2.89. The number of hydrogen-bond donors (Lipinski definition) is 2. The maximum atomic E-state index is 13.0. The minimum atomic E-state index is -1.34. The van der Waals surface area contributed by atoms with Crippen molar-refractivity contribution >= 4 is 29.6 Å². The van der Waals surface area contributed by atoms with Crippen LogP contribution in [-0.4, -0.2) is 67.5 Å². The third kappa shape index (κ3) is 10.4. The number of halogens is 1. The minimum absolute atomic E-state index is 0.0770. The molecule has 2 aromatic carbocycles. The Morgan fingerprint density at radius 2 is 1.55 bits per heavy atom. The molecule has 0 aliphatic carbocycles. The zero-order chi connectivity index (χ0) is 29.9. The van der Waals surface area contributed by atoms with Crippen LogP contribution in [0, 0.1) is 5.92 Å². The number of ether oxygens (including phenoxy) is 3. The van der Waals surface area contributed by atoms with Crippen molar-refractivity contribution in [3.05, 3.63) is 64.7 Å². The number of esters is 1. The van der Waals surface area contributed by atoms with Gasteiger partial charge in [-0.25, -0.2) is 9.59 Å². The Bertz CT molecular complexity index is 1100. The number of carbonyl (C=O) groups is 3. The summed E-state index contributed by atoms with van der Waals surface area (Å²) in [5, 5.41) is 6.47. The molecule has 2 amide bonds. The van der Waals surface area contributed by atoms with E-state index in [-0.39, 0.29) is 17.9 Å². The van der Waals surface area contributed by atoms with Crippen LogP contribution in [-0.2, 0) is 20.7 Å². The third-order valence-electron chi connectivity index (χ3n) is 6.04. The second-order valence-electron chi connectivity index (χ2n) is 10.6. The summed E-state index contributed by atoms with van der Waals surface area (Å²) in [6.07, 6.45) is -0.992. The molecular weight excluding hydrogens is 534 g/mol. The molecular formula is C30H42ClN3O6. The first-order chi connectivity index (χ1) is 18.8.